The van der Waals surface area contributed by atoms with Crippen molar-refractivity contribution in [1.82, 2.24) is 21.7 Å². The van der Waals surface area contributed by atoms with Crippen LogP contribution in [0.2, 0.25) is 0 Å². The zero-order valence-electron chi connectivity index (χ0n) is 11.3. The number of hydrazine groups is 2. The van der Waals surface area contributed by atoms with Gasteiger partial charge in [0.05, 0.1) is 0 Å². The summed E-state index contributed by atoms with van der Waals surface area (Å²) in [7, 11) is 0. The first-order valence-electron chi connectivity index (χ1n) is 6.69. The standard InChI is InChI=1S/C11H15N.C3H9N3/c1-11(2)5-3-4-9-7-12-8-10(9)6-11;1-2-4-6-5-3-1/h3-6,12H,7-8H2,1-2H3;4-6H,1-3H2. The van der Waals surface area contributed by atoms with E-state index < -0.39 is 0 Å². The van der Waals surface area contributed by atoms with Crippen molar-refractivity contribution in [3.8, 4) is 0 Å². The molecule has 0 spiro atoms. The van der Waals surface area contributed by atoms with Crippen LogP contribution in [0.4, 0.5) is 0 Å². The molecule has 4 N–H and O–H groups in total. The fraction of sp³-hybridized carbons (Fsp3) is 0.571. The summed E-state index contributed by atoms with van der Waals surface area (Å²) in [6.07, 6.45) is 10.2. The maximum Gasteiger partial charge on any atom is 0.0211 e. The van der Waals surface area contributed by atoms with Crippen molar-refractivity contribution in [2.24, 2.45) is 5.41 Å². The lowest BCUT2D eigenvalue weighted by Crippen LogP contribution is -2.49. The predicted octanol–water partition coefficient (Wildman–Crippen LogP) is 1.03. The third-order valence-corrected chi connectivity index (χ3v) is 3.19. The Balaban J connectivity index is 0.000000169. The van der Waals surface area contributed by atoms with Crippen molar-refractivity contribution in [1.29, 1.82) is 0 Å². The topological polar surface area (TPSA) is 48.1 Å². The third-order valence-electron chi connectivity index (χ3n) is 3.19. The first kappa shape index (κ1) is 13.5. The molecule has 100 valence electrons. The zero-order chi connectivity index (χ0) is 12.8. The SMILES string of the molecule is C1CNNNC1.CC1(C)C=CC=C2CNCC2=C1. The highest BCUT2D eigenvalue weighted by atomic mass is 15.6. The van der Waals surface area contributed by atoms with E-state index in [1.54, 1.807) is 0 Å². The van der Waals surface area contributed by atoms with Gasteiger partial charge in [-0.1, -0.05) is 38.2 Å². The normalized spacial score (nSPS) is 25.2. The van der Waals surface area contributed by atoms with E-state index >= 15 is 0 Å². The highest BCUT2D eigenvalue weighted by molar-refractivity contribution is 5.43. The van der Waals surface area contributed by atoms with Gasteiger partial charge in [0.25, 0.3) is 0 Å². The summed E-state index contributed by atoms with van der Waals surface area (Å²) < 4.78 is 0. The molecule has 3 aliphatic rings. The summed E-state index contributed by atoms with van der Waals surface area (Å²) in [5.41, 5.74) is 11.8. The van der Waals surface area contributed by atoms with Crippen molar-refractivity contribution in [2.45, 2.75) is 20.3 Å². The summed E-state index contributed by atoms with van der Waals surface area (Å²) in [5.74, 6) is 0. The maximum absolute atomic E-state index is 3.36. The number of nitrogens with one attached hydrogen (secondary N) is 4. The number of hydrogen-bond acceptors (Lipinski definition) is 4. The minimum absolute atomic E-state index is 0.222. The Bertz CT molecular complexity index is 350. The predicted molar refractivity (Wildman–Crippen MR) is 75.7 cm³/mol. The van der Waals surface area contributed by atoms with Gasteiger partial charge < -0.3 is 5.32 Å². The fourth-order valence-corrected chi connectivity index (χ4v) is 2.23. The van der Waals surface area contributed by atoms with E-state index in [2.05, 4.69) is 59.9 Å². The summed E-state index contributed by atoms with van der Waals surface area (Å²) in [4.78, 5) is 0. The molecule has 4 nitrogen and oxygen atoms in total. The second-order valence-corrected chi connectivity index (χ2v) is 5.48. The molecule has 0 aromatic carbocycles. The smallest absolute Gasteiger partial charge is 0.0211 e. The van der Waals surface area contributed by atoms with Crippen LogP contribution in [0, 0.1) is 5.41 Å². The molecule has 2 fully saturated rings. The van der Waals surface area contributed by atoms with Gasteiger partial charge in [-0.2, -0.15) is 5.53 Å². The molecule has 0 aromatic heterocycles. The van der Waals surface area contributed by atoms with Crippen LogP contribution in [-0.2, 0) is 0 Å². The quantitative estimate of drug-likeness (QED) is 0.517. The van der Waals surface area contributed by atoms with E-state index in [1.807, 2.05) is 0 Å². The van der Waals surface area contributed by atoms with Crippen LogP contribution in [0.25, 0.3) is 0 Å². The zero-order valence-corrected chi connectivity index (χ0v) is 11.3. The molecule has 1 aliphatic carbocycles. The Morgan fingerprint density at radius 2 is 1.78 bits per heavy atom. The third kappa shape index (κ3) is 4.07. The molecule has 0 bridgehead atoms. The second-order valence-electron chi connectivity index (χ2n) is 5.48. The molecule has 3 rings (SSSR count). The Kier molecular flexibility index (Phi) is 4.72. The largest absolute Gasteiger partial charge is 0.309 e. The van der Waals surface area contributed by atoms with Crippen LogP contribution < -0.4 is 21.7 Å². The van der Waals surface area contributed by atoms with Gasteiger partial charge in [0.15, 0.2) is 0 Å². The minimum atomic E-state index is 0.222. The first-order chi connectivity index (χ1) is 8.67. The van der Waals surface area contributed by atoms with Crippen molar-refractivity contribution in [3.05, 3.63) is 35.5 Å². The fourth-order valence-electron chi connectivity index (χ4n) is 2.23. The lowest BCUT2D eigenvalue weighted by atomic mass is 9.91. The molecule has 2 saturated heterocycles. The molecular formula is C14H24N4. The number of hydrogen-bond donors (Lipinski definition) is 4. The van der Waals surface area contributed by atoms with E-state index in [1.165, 1.54) is 17.6 Å². The first-order valence-corrected chi connectivity index (χ1v) is 6.69. The highest BCUT2D eigenvalue weighted by Crippen LogP contribution is 2.28. The van der Waals surface area contributed by atoms with E-state index in [0.29, 0.717) is 0 Å². The van der Waals surface area contributed by atoms with Crippen LogP contribution in [0.15, 0.2) is 35.5 Å². The number of allylic oxidation sites excluding steroid dienone is 4. The van der Waals surface area contributed by atoms with Gasteiger partial charge in [-0.05, 0) is 17.6 Å². The summed E-state index contributed by atoms with van der Waals surface area (Å²) in [6.45, 7) is 8.71. The van der Waals surface area contributed by atoms with E-state index in [-0.39, 0.29) is 5.41 Å². The Morgan fingerprint density at radius 1 is 1.06 bits per heavy atom. The van der Waals surface area contributed by atoms with Crippen LogP contribution in [0.3, 0.4) is 0 Å². The van der Waals surface area contributed by atoms with Gasteiger partial charge in [-0.25, -0.2) is 10.9 Å². The molecule has 2 heterocycles. The van der Waals surface area contributed by atoms with Crippen molar-refractivity contribution in [2.75, 3.05) is 26.2 Å². The lowest BCUT2D eigenvalue weighted by Gasteiger charge is -2.14. The molecule has 0 saturated carbocycles. The van der Waals surface area contributed by atoms with Crippen molar-refractivity contribution >= 4 is 0 Å². The molecule has 0 radical (unpaired) electrons. The Labute approximate surface area is 110 Å². The molecule has 2 aliphatic heterocycles. The Hall–Kier alpha value is -0.940. The average molecular weight is 248 g/mol. The maximum atomic E-state index is 3.36. The Morgan fingerprint density at radius 3 is 2.39 bits per heavy atom. The van der Waals surface area contributed by atoms with Crippen LogP contribution in [-0.4, -0.2) is 26.2 Å². The molecule has 0 unspecified atom stereocenters. The van der Waals surface area contributed by atoms with E-state index in [0.717, 1.165) is 26.2 Å². The van der Waals surface area contributed by atoms with E-state index in [9.17, 15) is 0 Å². The summed E-state index contributed by atoms with van der Waals surface area (Å²) in [5, 5.41) is 3.36. The van der Waals surface area contributed by atoms with Crippen LogP contribution in [0.1, 0.15) is 20.3 Å². The van der Waals surface area contributed by atoms with Gasteiger partial charge in [-0.3, -0.25) is 0 Å². The molecule has 18 heavy (non-hydrogen) atoms. The number of fused-ring (bicyclic) bond motifs is 1. The molecular weight excluding hydrogens is 224 g/mol. The summed E-state index contributed by atoms with van der Waals surface area (Å²) in [6, 6.07) is 0. The van der Waals surface area contributed by atoms with Crippen LogP contribution in [0.5, 0.6) is 0 Å². The molecule has 0 atom stereocenters. The van der Waals surface area contributed by atoms with Gasteiger partial charge in [0.2, 0.25) is 0 Å². The average Bonchev–Trinajstić information content (AvgIpc) is 2.73. The van der Waals surface area contributed by atoms with Crippen LogP contribution >= 0.6 is 0 Å². The van der Waals surface area contributed by atoms with E-state index in [4.69, 9.17) is 0 Å². The lowest BCUT2D eigenvalue weighted by molar-refractivity contribution is 0.372. The van der Waals surface area contributed by atoms with Gasteiger partial charge in [0.1, 0.15) is 0 Å². The van der Waals surface area contributed by atoms with Gasteiger partial charge >= 0.3 is 0 Å². The highest BCUT2D eigenvalue weighted by Gasteiger charge is 2.19. The van der Waals surface area contributed by atoms with Gasteiger partial charge in [0, 0.05) is 31.6 Å². The minimum Gasteiger partial charge on any atom is -0.309 e. The van der Waals surface area contributed by atoms with Crippen molar-refractivity contribution < 1.29 is 0 Å². The molecule has 0 aromatic rings. The van der Waals surface area contributed by atoms with Crippen molar-refractivity contribution in [3.63, 3.8) is 0 Å². The monoisotopic (exact) mass is 248 g/mol. The molecule has 0 amide bonds. The van der Waals surface area contributed by atoms with Gasteiger partial charge in [-0.15, -0.1) is 0 Å². The summed E-state index contributed by atoms with van der Waals surface area (Å²) >= 11 is 0. The molecule has 4 heteroatoms. The second kappa shape index (κ2) is 6.29. The number of rotatable bonds is 0.